The van der Waals surface area contributed by atoms with Gasteiger partial charge in [0.05, 0.1) is 4.91 Å². The van der Waals surface area contributed by atoms with Crippen LogP contribution in [0.1, 0.15) is 142 Å². The number of carboxylic acid groups (broad SMARTS) is 1. The Morgan fingerprint density at radius 2 is 1.84 bits per heavy atom. The molecule has 14 heteroatoms. The van der Waals surface area contributed by atoms with Crippen LogP contribution < -0.4 is 5.43 Å². The number of carboxylic acids is 1. The van der Waals surface area contributed by atoms with E-state index in [1.54, 1.807) is 25.7 Å². The summed E-state index contributed by atoms with van der Waals surface area (Å²) >= 11 is 1.10. The van der Waals surface area contributed by atoms with E-state index in [4.69, 9.17) is 9.47 Å². The van der Waals surface area contributed by atoms with Crippen LogP contribution in [0.3, 0.4) is 0 Å². The highest BCUT2D eigenvalue weighted by atomic mass is 32.1. The first kappa shape index (κ1) is 41.9. The van der Waals surface area contributed by atoms with E-state index < -0.39 is 48.0 Å². The van der Waals surface area contributed by atoms with Crippen LogP contribution >= 0.6 is 11.3 Å². The maximum absolute atomic E-state index is 14.8. The maximum atomic E-state index is 14.8. The van der Waals surface area contributed by atoms with Crippen molar-refractivity contribution in [3.8, 4) is 0 Å². The van der Waals surface area contributed by atoms with Gasteiger partial charge in [0.1, 0.15) is 15.5 Å². The van der Waals surface area contributed by atoms with E-state index in [2.05, 4.69) is 17.3 Å². The van der Waals surface area contributed by atoms with E-state index in [0.29, 0.717) is 35.8 Å². The minimum Gasteiger partial charge on any atom is -0.476 e. The topological polar surface area (TPSA) is 158 Å². The highest BCUT2D eigenvalue weighted by Gasteiger charge is 2.46. The fourth-order valence-corrected chi connectivity index (χ4v) is 6.83. The molecule has 49 heavy (non-hydrogen) atoms. The Kier molecular flexibility index (Phi) is 16.4. The summed E-state index contributed by atoms with van der Waals surface area (Å²) in [5.41, 5.74) is 2.12. The zero-order valence-corrected chi connectivity index (χ0v) is 32.0. The molecule has 2 amide bonds. The van der Waals surface area contributed by atoms with Gasteiger partial charge in [-0.25, -0.2) is 19.5 Å². The first-order valence-electron chi connectivity index (χ1n) is 17.8. The summed E-state index contributed by atoms with van der Waals surface area (Å²) in [5.74, 6) is -2.13. The van der Waals surface area contributed by atoms with Crippen LogP contribution in [-0.4, -0.2) is 85.6 Å². The second-order valence-electron chi connectivity index (χ2n) is 14.7. The number of nitroso groups, excluding NO2 is 1. The lowest BCUT2D eigenvalue weighted by atomic mass is 9.92. The van der Waals surface area contributed by atoms with E-state index >= 15 is 0 Å². The summed E-state index contributed by atoms with van der Waals surface area (Å²) in [6.07, 6.45) is 3.32. The van der Waals surface area contributed by atoms with Crippen LogP contribution in [-0.2, 0) is 19.1 Å². The van der Waals surface area contributed by atoms with Crippen LogP contribution in [0.15, 0.2) is 5.38 Å². The third kappa shape index (κ3) is 12.8. The molecule has 0 spiro atoms. The summed E-state index contributed by atoms with van der Waals surface area (Å²) in [6, 6.07) is -1.34. The molecule has 2 heterocycles. The van der Waals surface area contributed by atoms with Crippen molar-refractivity contribution in [1.82, 2.24) is 20.2 Å². The van der Waals surface area contributed by atoms with Crippen molar-refractivity contribution in [3.63, 3.8) is 0 Å². The van der Waals surface area contributed by atoms with Gasteiger partial charge in [-0.3, -0.25) is 9.59 Å². The van der Waals surface area contributed by atoms with Crippen molar-refractivity contribution in [2.75, 3.05) is 13.1 Å². The van der Waals surface area contributed by atoms with E-state index in [1.807, 2.05) is 34.6 Å². The van der Waals surface area contributed by atoms with Gasteiger partial charge in [0.25, 0.3) is 5.91 Å². The lowest BCUT2D eigenvalue weighted by Crippen LogP contribution is -2.61. The third-order valence-corrected chi connectivity index (χ3v) is 9.90. The smallest absolute Gasteiger partial charge is 0.415 e. The Labute approximate surface area is 296 Å². The second kappa shape index (κ2) is 19.2. The number of carbonyl (C=O) groups is 4. The van der Waals surface area contributed by atoms with Crippen LogP contribution in [0.5, 0.6) is 0 Å². The predicted molar refractivity (Wildman–Crippen MR) is 188 cm³/mol. The van der Waals surface area contributed by atoms with Gasteiger partial charge in [-0.2, -0.15) is 0 Å². The van der Waals surface area contributed by atoms with Gasteiger partial charge in [-0.1, -0.05) is 67.2 Å². The third-order valence-electron chi connectivity index (χ3n) is 8.97. The fraction of sp³-hybridized carbons (Fsp3) is 0.800. The molecule has 2 rings (SSSR count). The second-order valence-corrected chi connectivity index (χ2v) is 15.6. The molecule has 1 fully saturated rings. The number of hydrogen-bond acceptors (Lipinski definition) is 9. The van der Waals surface area contributed by atoms with Crippen molar-refractivity contribution < 1.29 is 38.6 Å². The van der Waals surface area contributed by atoms with Crippen LogP contribution in [0.4, 0.5) is 4.79 Å². The van der Waals surface area contributed by atoms with Crippen molar-refractivity contribution in [3.05, 3.63) is 21.0 Å². The Bertz CT molecular complexity index is 1260. The van der Waals surface area contributed by atoms with Gasteiger partial charge in [0.15, 0.2) is 17.8 Å². The molecular weight excluding hydrogens is 650 g/mol. The summed E-state index contributed by atoms with van der Waals surface area (Å²) in [6.45, 7) is 19.4. The molecule has 1 aliphatic rings. The Morgan fingerprint density at radius 3 is 2.37 bits per heavy atom. The zero-order valence-electron chi connectivity index (χ0n) is 31.2. The van der Waals surface area contributed by atoms with Gasteiger partial charge in [-0.05, 0) is 51.4 Å². The highest BCUT2D eigenvalue weighted by Crippen LogP contribution is 2.32. The number of aromatic nitrogens is 1. The largest absolute Gasteiger partial charge is 0.476 e. The first-order chi connectivity index (χ1) is 22.9. The van der Waals surface area contributed by atoms with Gasteiger partial charge in [0, 0.05) is 44.3 Å². The van der Waals surface area contributed by atoms with Crippen LogP contribution in [0.2, 0.25) is 0 Å². The molecule has 1 aromatic rings. The average Bonchev–Trinajstić information content (AvgIpc) is 3.51. The van der Waals surface area contributed by atoms with E-state index in [9.17, 15) is 29.2 Å². The van der Waals surface area contributed by atoms with Crippen LogP contribution in [0, 0.1) is 22.7 Å². The Hall–Kier alpha value is -3.29. The number of likely N-dealkylation sites (tertiary alicyclic amines) is 1. The lowest BCUT2D eigenvalue weighted by Gasteiger charge is -2.39. The van der Waals surface area contributed by atoms with Crippen molar-refractivity contribution in [2.45, 2.75) is 151 Å². The number of amides is 2. The SMILES string of the molecule is CCCCCCN(C(=O)[C@@H](N[N+](=O)[C@H]1C[C@H](C)CCN1C(=O)OC(C)(C)C)[C@@H](C)CC)[C@H](C[C@@H](OC(C)=O)c1nc(C(=O)O)cs1)C(C)C. The molecule has 0 unspecified atom stereocenters. The van der Waals surface area contributed by atoms with E-state index in [-0.39, 0.29) is 35.8 Å². The number of esters is 1. The molecule has 13 nitrogen and oxygen atoms in total. The molecule has 0 saturated carbocycles. The minimum absolute atomic E-state index is 0.0881. The molecule has 278 valence electrons. The number of nitrogens with zero attached hydrogens (tertiary/aromatic N) is 4. The molecule has 1 aliphatic heterocycles. The molecular formula is C35H60N5O8S+. The number of aromatic carboxylic acids is 1. The summed E-state index contributed by atoms with van der Waals surface area (Å²) < 4.78 is 11.3. The molecule has 1 aromatic heterocycles. The van der Waals surface area contributed by atoms with Gasteiger partial charge >= 0.3 is 24.2 Å². The predicted octanol–water partition coefficient (Wildman–Crippen LogP) is 6.96. The summed E-state index contributed by atoms with van der Waals surface area (Å²) in [7, 11) is 0. The van der Waals surface area contributed by atoms with Crippen LogP contribution in [0.25, 0.3) is 0 Å². The normalized spacial score (nSPS) is 19.0. The molecule has 0 bridgehead atoms. The number of ether oxygens (including phenoxy) is 2. The zero-order chi connectivity index (χ0) is 37.1. The molecule has 6 atom stereocenters. The molecule has 0 aliphatic carbocycles. The number of rotatable bonds is 18. The van der Waals surface area contributed by atoms with Crippen molar-refractivity contribution in [1.29, 1.82) is 0 Å². The number of piperidine rings is 1. The average molecular weight is 711 g/mol. The summed E-state index contributed by atoms with van der Waals surface area (Å²) in [4.78, 5) is 73.9. The van der Waals surface area contributed by atoms with E-state index in [1.165, 1.54) is 17.2 Å². The molecule has 2 N–H and O–H groups in total. The summed E-state index contributed by atoms with van der Waals surface area (Å²) in [5, 5.41) is 11.2. The standard InChI is InChI=1S/C35H59N5O8S/c1-11-13-14-15-17-38(27(22(3)4)20-28(47-25(7)41)31-36-26(21-49-31)33(43)44)32(42)30(24(6)12-2)37-40(46)29-19-23(5)16-18-39(29)34(45)48-35(8,9)10/h21-24,27-30H,11-20H2,1-10H3,(H-,37,43,44,46)/p+1/t23-,24+,27-,28-,29+,30+/m1/s1. The number of hydrazine groups is 1. The van der Waals surface area contributed by atoms with Gasteiger partial charge < -0.3 is 19.5 Å². The van der Waals surface area contributed by atoms with Crippen molar-refractivity contribution in [2.24, 2.45) is 17.8 Å². The number of thiazole rings is 1. The molecule has 0 radical (unpaired) electrons. The number of unbranched alkanes of at least 4 members (excludes halogenated alkanes) is 3. The fourth-order valence-electron chi connectivity index (χ4n) is 5.99. The Morgan fingerprint density at radius 1 is 1.16 bits per heavy atom. The number of nitrogens with one attached hydrogen (secondary N) is 1. The van der Waals surface area contributed by atoms with Gasteiger partial charge in [0.2, 0.25) is 0 Å². The first-order valence-corrected chi connectivity index (χ1v) is 18.7. The van der Waals surface area contributed by atoms with Crippen molar-refractivity contribution >= 4 is 35.3 Å². The minimum atomic E-state index is -1.18. The molecule has 1 saturated heterocycles. The quantitative estimate of drug-likeness (QED) is 0.0706. The maximum Gasteiger partial charge on any atom is 0.415 e. The highest BCUT2D eigenvalue weighted by molar-refractivity contribution is 7.09. The monoisotopic (exact) mass is 710 g/mol. The number of hydrogen-bond donors (Lipinski definition) is 2. The number of carbonyl (C=O) groups excluding carboxylic acids is 3. The molecule has 0 aromatic carbocycles. The Balaban J connectivity index is 2.50. The lowest BCUT2D eigenvalue weighted by molar-refractivity contribution is -0.665. The van der Waals surface area contributed by atoms with E-state index in [0.717, 1.165) is 43.4 Å². The van der Waals surface area contributed by atoms with Gasteiger partial charge in [-0.15, -0.1) is 16.8 Å².